The van der Waals surface area contributed by atoms with Gasteiger partial charge in [0.05, 0.1) is 0 Å². The van der Waals surface area contributed by atoms with Crippen molar-refractivity contribution in [3.63, 3.8) is 0 Å². The maximum absolute atomic E-state index is 8.88. The van der Waals surface area contributed by atoms with Crippen molar-refractivity contribution in [1.82, 2.24) is 0 Å². The fourth-order valence-corrected chi connectivity index (χ4v) is 1.17. The molecule has 0 aromatic heterocycles. The van der Waals surface area contributed by atoms with Crippen molar-refractivity contribution in [2.24, 2.45) is 4.99 Å². The Balaban J connectivity index is -0.000000270. The van der Waals surface area contributed by atoms with Gasteiger partial charge in [-0.1, -0.05) is 35.9 Å². The highest BCUT2D eigenvalue weighted by molar-refractivity contribution is 6.62. The molecule has 1 rings (SSSR count). The van der Waals surface area contributed by atoms with Gasteiger partial charge in [0.15, 0.2) is 0 Å². The van der Waals surface area contributed by atoms with E-state index in [9.17, 15) is 0 Å². The predicted molar refractivity (Wildman–Crippen MR) is 91.8 cm³/mol. The van der Waals surface area contributed by atoms with Crippen molar-refractivity contribution < 1.29 is 14.8 Å². The molecule has 6 heteroatoms. The molecule has 0 radical (unpaired) electrons. The summed E-state index contributed by atoms with van der Waals surface area (Å²) in [5.74, 6) is 0. The van der Waals surface area contributed by atoms with Crippen LogP contribution in [0.25, 0.3) is 0 Å². The Hall–Kier alpha value is -1.65. The third-order valence-electron chi connectivity index (χ3n) is 1.53. The maximum Gasteiger partial charge on any atom is 0.489 e. The smallest absolute Gasteiger partial charge is 0.423 e. The average molecular weight is 312 g/mol. The molecule has 1 aromatic carbocycles. The molecule has 2 N–H and O–H groups in total. The number of benzene rings is 1. The number of aryl methyl sites for hydroxylation is 1. The number of hydrogen-bond acceptors (Lipinski definition) is 4. The van der Waals surface area contributed by atoms with E-state index in [0.717, 1.165) is 5.56 Å². The van der Waals surface area contributed by atoms with E-state index in [1.165, 1.54) is 13.1 Å². The summed E-state index contributed by atoms with van der Waals surface area (Å²) >= 11 is 5.70. The number of rotatable bonds is 1. The number of carbonyl (C=O) groups excluding carboxylic acids is 1. The topological polar surface area (TPSA) is 69.9 Å². The maximum atomic E-state index is 8.88. The third-order valence-corrected chi connectivity index (χ3v) is 1.85. The predicted octanol–water partition coefficient (Wildman–Crippen LogP) is 2.66. The molecular formula is C15H23BClNO3. The first-order valence-corrected chi connectivity index (χ1v) is 6.46. The molecule has 21 heavy (non-hydrogen) atoms. The molecule has 0 saturated carbocycles. The van der Waals surface area contributed by atoms with Crippen LogP contribution in [0.5, 0.6) is 0 Å². The fraction of sp³-hybridized carbons (Fsp3) is 0.267. The van der Waals surface area contributed by atoms with Crippen LogP contribution >= 0.6 is 11.6 Å². The van der Waals surface area contributed by atoms with Crippen molar-refractivity contribution in [2.45, 2.75) is 20.8 Å². The first-order chi connectivity index (χ1) is 9.85. The molecule has 0 atom stereocenters. The van der Waals surface area contributed by atoms with E-state index in [1.807, 2.05) is 20.8 Å². The molecule has 0 amide bonds. The summed E-state index contributed by atoms with van der Waals surface area (Å²) in [7, 11) is -0.101. The molecular weight excluding hydrogens is 288 g/mol. The number of isocyanates is 1. The Labute approximate surface area is 132 Å². The summed E-state index contributed by atoms with van der Waals surface area (Å²) in [6, 6.07) is 5.07. The Morgan fingerprint density at radius 3 is 1.90 bits per heavy atom. The lowest BCUT2D eigenvalue weighted by atomic mass is 9.80. The van der Waals surface area contributed by atoms with Gasteiger partial charge in [-0.3, -0.25) is 0 Å². The molecule has 0 unspecified atom stereocenters. The molecule has 116 valence electrons. The van der Waals surface area contributed by atoms with E-state index in [2.05, 4.69) is 18.2 Å². The Bertz CT molecular complexity index is 439. The van der Waals surface area contributed by atoms with E-state index >= 15 is 0 Å². The normalized spacial score (nSPS) is 7.19. The van der Waals surface area contributed by atoms with Crippen molar-refractivity contribution in [3.8, 4) is 0 Å². The van der Waals surface area contributed by atoms with Gasteiger partial charge in [-0.15, -0.1) is 13.2 Å². The Morgan fingerprint density at radius 1 is 1.29 bits per heavy atom. The van der Waals surface area contributed by atoms with Gasteiger partial charge >= 0.3 is 7.12 Å². The molecule has 0 spiro atoms. The van der Waals surface area contributed by atoms with Crippen LogP contribution in [-0.4, -0.2) is 30.3 Å². The van der Waals surface area contributed by atoms with Gasteiger partial charge in [0, 0.05) is 17.5 Å². The minimum absolute atomic E-state index is 0.345. The second-order valence-electron chi connectivity index (χ2n) is 3.53. The van der Waals surface area contributed by atoms with Crippen LogP contribution in [0.15, 0.2) is 48.5 Å². The lowest BCUT2D eigenvalue weighted by Gasteiger charge is -2.02. The third kappa shape index (κ3) is 18.4. The first kappa shape index (κ1) is 24.4. The number of aliphatic imine (C=N–C) groups is 1. The standard InChI is InChI=1S/C7H8BClO2.2C3H6.C2H3NO/c1-5-2-3-6(8(10)11)7(9)4-5;2*1-3-2;1-3-2-4/h2-4,10-11H,1H3;2*3H,1H2,2H3;1H3. The zero-order valence-corrected chi connectivity index (χ0v) is 13.8. The summed E-state index contributed by atoms with van der Waals surface area (Å²) in [5, 5.41) is 17.9. The van der Waals surface area contributed by atoms with E-state index in [0.29, 0.717) is 10.5 Å². The molecule has 0 heterocycles. The van der Waals surface area contributed by atoms with Gasteiger partial charge in [-0.2, -0.15) is 0 Å². The SMILES string of the molecule is C=CC.C=CC.CN=C=O.Cc1ccc(B(O)O)c(Cl)c1. The van der Waals surface area contributed by atoms with Gasteiger partial charge in [0.1, 0.15) is 0 Å². The van der Waals surface area contributed by atoms with Crippen LogP contribution in [-0.2, 0) is 4.79 Å². The van der Waals surface area contributed by atoms with Crippen LogP contribution in [0.1, 0.15) is 19.4 Å². The fourth-order valence-electron chi connectivity index (χ4n) is 0.842. The van der Waals surface area contributed by atoms with Gasteiger partial charge in [-0.25, -0.2) is 9.79 Å². The summed E-state index contributed by atoms with van der Waals surface area (Å²) < 4.78 is 0. The van der Waals surface area contributed by atoms with Gasteiger partial charge < -0.3 is 10.0 Å². The number of allylic oxidation sites excluding steroid dienone is 2. The number of hydrogen-bond donors (Lipinski definition) is 2. The van der Waals surface area contributed by atoms with Gasteiger partial charge in [0.25, 0.3) is 0 Å². The Kier molecular flexibility index (Phi) is 21.3. The Morgan fingerprint density at radius 2 is 1.67 bits per heavy atom. The monoisotopic (exact) mass is 311 g/mol. The highest BCUT2D eigenvalue weighted by atomic mass is 35.5. The van der Waals surface area contributed by atoms with E-state index in [1.54, 1.807) is 30.4 Å². The van der Waals surface area contributed by atoms with Crippen molar-refractivity contribution >= 4 is 30.3 Å². The lowest BCUT2D eigenvalue weighted by Crippen LogP contribution is -2.30. The zero-order valence-electron chi connectivity index (χ0n) is 13.0. The zero-order chi connectivity index (χ0) is 17.3. The number of halogens is 1. The van der Waals surface area contributed by atoms with E-state index in [4.69, 9.17) is 26.4 Å². The molecule has 0 aliphatic rings. The van der Waals surface area contributed by atoms with Crippen LogP contribution in [0.2, 0.25) is 5.02 Å². The van der Waals surface area contributed by atoms with Gasteiger partial charge in [0.2, 0.25) is 6.08 Å². The summed E-state index contributed by atoms with van der Waals surface area (Å²) in [5.41, 5.74) is 1.34. The molecule has 0 aliphatic carbocycles. The second kappa shape index (κ2) is 18.4. The summed E-state index contributed by atoms with van der Waals surface area (Å²) in [6.45, 7) is 12.4. The van der Waals surface area contributed by atoms with Gasteiger partial charge in [-0.05, 0) is 32.4 Å². The molecule has 0 fully saturated rings. The highest BCUT2D eigenvalue weighted by Gasteiger charge is 2.13. The van der Waals surface area contributed by atoms with Crippen LogP contribution in [0.3, 0.4) is 0 Å². The largest absolute Gasteiger partial charge is 0.489 e. The lowest BCUT2D eigenvalue weighted by molar-refractivity contribution is 0.426. The quantitative estimate of drug-likeness (QED) is 0.362. The van der Waals surface area contributed by atoms with E-state index in [-0.39, 0.29) is 0 Å². The van der Waals surface area contributed by atoms with Crippen molar-refractivity contribution in [2.75, 3.05) is 7.05 Å². The van der Waals surface area contributed by atoms with Crippen LogP contribution in [0, 0.1) is 6.92 Å². The molecule has 1 aromatic rings. The molecule has 4 nitrogen and oxygen atoms in total. The highest BCUT2D eigenvalue weighted by Crippen LogP contribution is 2.07. The van der Waals surface area contributed by atoms with Crippen LogP contribution < -0.4 is 5.46 Å². The first-order valence-electron chi connectivity index (χ1n) is 6.08. The average Bonchev–Trinajstić information content (AvgIpc) is 2.40. The summed E-state index contributed by atoms with van der Waals surface area (Å²) in [6.07, 6.45) is 4.81. The minimum Gasteiger partial charge on any atom is -0.423 e. The molecule has 0 bridgehead atoms. The van der Waals surface area contributed by atoms with E-state index < -0.39 is 7.12 Å². The van der Waals surface area contributed by atoms with Crippen LogP contribution in [0.4, 0.5) is 0 Å². The number of nitrogens with zero attached hydrogens (tertiary/aromatic N) is 1. The minimum atomic E-state index is -1.48. The van der Waals surface area contributed by atoms with Crippen molar-refractivity contribution in [1.29, 1.82) is 0 Å². The summed E-state index contributed by atoms with van der Waals surface area (Å²) in [4.78, 5) is 11.8. The second-order valence-corrected chi connectivity index (χ2v) is 3.94. The molecule has 0 aliphatic heterocycles. The van der Waals surface area contributed by atoms with Crippen molar-refractivity contribution in [3.05, 3.63) is 54.1 Å². The molecule has 0 saturated heterocycles.